The van der Waals surface area contributed by atoms with Crippen molar-refractivity contribution in [1.82, 2.24) is 0 Å². The molecule has 1 N–H and O–H groups in total. The molecule has 2 rings (SSSR count). The van der Waals surface area contributed by atoms with Crippen molar-refractivity contribution in [2.24, 2.45) is 0 Å². The summed E-state index contributed by atoms with van der Waals surface area (Å²) in [5.41, 5.74) is 0.676. The van der Waals surface area contributed by atoms with E-state index < -0.39 is 6.10 Å². The summed E-state index contributed by atoms with van der Waals surface area (Å²) in [6.45, 7) is 1.69. The quantitative estimate of drug-likeness (QED) is 0.915. The molecular weight excluding hydrogens is 290 g/mol. The molecule has 0 aliphatic heterocycles. The third kappa shape index (κ3) is 4.39. The molecule has 2 aromatic rings. The van der Waals surface area contributed by atoms with Gasteiger partial charge in [-0.15, -0.1) is 0 Å². The van der Waals surface area contributed by atoms with E-state index in [4.69, 9.17) is 21.1 Å². The van der Waals surface area contributed by atoms with Gasteiger partial charge in [-0.05, 0) is 55.5 Å². The van der Waals surface area contributed by atoms with Crippen LogP contribution in [0.15, 0.2) is 48.5 Å². The fourth-order valence-electron chi connectivity index (χ4n) is 1.69. The Morgan fingerprint density at radius 3 is 2.19 bits per heavy atom. The normalized spacial score (nSPS) is 11.6. The van der Waals surface area contributed by atoms with Crippen LogP contribution in [0.3, 0.4) is 0 Å². The monoisotopic (exact) mass is 305 g/mol. The van der Waals surface area contributed by atoms with Crippen molar-refractivity contribution < 1.29 is 14.3 Å². The van der Waals surface area contributed by atoms with Gasteiger partial charge in [0.2, 0.25) is 0 Å². The summed E-state index contributed by atoms with van der Waals surface area (Å²) in [6, 6.07) is 14.0. The molecule has 1 amide bonds. The van der Waals surface area contributed by atoms with Crippen molar-refractivity contribution in [1.29, 1.82) is 0 Å². The maximum Gasteiger partial charge on any atom is 0.265 e. The zero-order valence-electron chi connectivity index (χ0n) is 11.8. The lowest BCUT2D eigenvalue weighted by atomic mass is 10.3. The molecule has 0 bridgehead atoms. The van der Waals surface area contributed by atoms with E-state index in [9.17, 15) is 4.79 Å². The molecule has 2 aromatic carbocycles. The predicted octanol–water partition coefficient (Wildman–Crippen LogP) is 3.75. The Morgan fingerprint density at radius 1 is 1.05 bits per heavy atom. The van der Waals surface area contributed by atoms with Crippen LogP contribution >= 0.6 is 11.6 Å². The Hall–Kier alpha value is -2.20. The van der Waals surface area contributed by atoms with E-state index in [-0.39, 0.29) is 5.91 Å². The maximum atomic E-state index is 12.0. The van der Waals surface area contributed by atoms with Crippen molar-refractivity contribution >= 4 is 23.2 Å². The molecule has 4 nitrogen and oxygen atoms in total. The van der Waals surface area contributed by atoms with Crippen LogP contribution in [0.2, 0.25) is 5.02 Å². The van der Waals surface area contributed by atoms with Crippen molar-refractivity contribution in [2.45, 2.75) is 13.0 Å². The number of carbonyl (C=O) groups is 1. The molecule has 110 valence electrons. The van der Waals surface area contributed by atoms with Gasteiger partial charge >= 0.3 is 0 Å². The molecule has 0 fully saturated rings. The van der Waals surface area contributed by atoms with Gasteiger partial charge in [-0.1, -0.05) is 11.6 Å². The second kappa shape index (κ2) is 6.99. The Balaban J connectivity index is 1.93. The van der Waals surface area contributed by atoms with Crippen LogP contribution in [0.1, 0.15) is 6.92 Å². The molecular formula is C16H16ClNO3. The first-order chi connectivity index (χ1) is 10.1. The number of rotatable bonds is 5. The SMILES string of the molecule is COc1ccc(OC(C)C(=O)Nc2ccc(Cl)cc2)cc1. The summed E-state index contributed by atoms with van der Waals surface area (Å²) < 4.78 is 10.6. The lowest BCUT2D eigenvalue weighted by molar-refractivity contribution is -0.122. The van der Waals surface area contributed by atoms with Gasteiger partial charge in [0.25, 0.3) is 5.91 Å². The van der Waals surface area contributed by atoms with Crippen LogP contribution in [0, 0.1) is 0 Å². The number of amides is 1. The minimum Gasteiger partial charge on any atom is -0.497 e. The van der Waals surface area contributed by atoms with Crippen LogP contribution in [0.4, 0.5) is 5.69 Å². The van der Waals surface area contributed by atoms with Gasteiger partial charge in [-0.3, -0.25) is 4.79 Å². The fourth-order valence-corrected chi connectivity index (χ4v) is 1.82. The second-order valence-corrected chi connectivity index (χ2v) is 4.87. The van der Waals surface area contributed by atoms with Gasteiger partial charge in [0.1, 0.15) is 11.5 Å². The number of hydrogen-bond acceptors (Lipinski definition) is 3. The molecule has 0 saturated carbocycles. The van der Waals surface area contributed by atoms with Crippen LogP contribution in [-0.4, -0.2) is 19.1 Å². The highest BCUT2D eigenvalue weighted by atomic mass is 35.5. The highest BCUT2D eigenvalue weighted by Gasteiger charge is 2.14. The minimum atomic E-state index is -0.617. The average molecular weight is 306 g/mol. The molecule has 0 aliphatic rings. The first-order valence-electron chi connectivity index (χ1n) is 6.45. The lowest BCUT2D eigenvalue weighted by Gasteiger charge is -2.15. The van der Waals surface area contributed by atoms with E-state index in [1.807, 2.05) is 0 Å². The Labute approximate surface area is 128 Å². The van der Waals surface area contributed by atoms with Crippen LogP contribution in [0.25, 0.3) is 0 Å². The molecule has 1 atom stereocenters. The number of anilines is 1. The summed E-state index contributed by atoms with van der Waals surface area (Å²) >= 11 is 5.80. The Bertz CT molecular complexity index is 596. The first-order valence-corrected chi connectivity index (χ1v) is 6.83. The highest BCUT2D eigenvalue weighted by Crippen LogP contribution is 2.19. The summed E-state index contributed by atoms with van der Waals surface area (Å²) in [5, 5.41) is 3.39. The van der Waals surface area contributed by atoms with Gasteiger partial charge in [0.05, 0.1) is 7.11 Å². The fraction of sp³-hybridized carbons (Fsp3) is 0.188. The van der Waals surface area contributed by atoms with Crippen LogP contribution in [-0.2, 0) is 4.79 Å². The van der Waals surface area contributed by atoms with Crippen molar-refractivity contribution in [3.8, 4) is 11.5 Å². The minimum absolute atomic E-state index is 0.229. The van der Waals surface area contributed by atoms with E-state index in [1.54, 1.807) is 62.6 Å². The van der Waals surface area contributed by atoms with E-state index in [0.717, 1.165) is 5.75 Å². The van der Waals surface area contributed by atoms with Crippen molar-refractivity contribution in [3.63, 3.8) is 0 Å². The molecule has 21 heavy (non-hydrogen) atoms. The number of methoxy groups -OCH3 is 1. The molecule has 0 aliphatic carbocycles. The van der Waals surface area contributed by atoms with E-state index in [1.165, 1.54) is 0 Å². The zero-order valence-corrected chi connectivity index (χ0v) is 12.6. The largest absolute Gasteiger partial charge is 0.497 e. The Morgan fingerprint density at radius 2 is 1.62 bits per heavy atom. The Kier molecular flexibility index (Phi) is 5.06. The third-order valence-electron chi connectivity index (χ3n) is 2.85. The van der Waals surface area contributed by atoms with E-state index >= 15 is 0 Å². The predicted molar refractivity (Wildman–Crippen MR) is 83.2 cm³/mol. The summed E-state index contributed by atoms with van der Waals surface area (Å²) in [6.07, 6.45) is -0.617. The summed E-state index contributed by atoms with van der Waals surface area (Å²) in [7, 11) is 1.60. The second-order valence-electron chi connectivity index (χ2n) is 4.43. The van der Waals surface area contributed by atoms with E-state index in [2.05, 4.69) is 5.32 Å². The smallest absolute Gasteiger partial charge is 0.265 e. The van der Waals surface area contributed by atoms with Gasteiger partial charge in [0, 0.05) is 10.7 Å². The molecule has 0 saturated heterocycles. The lowest BCUT2D eigenvalue weighted by Crippen LogP contribution is -2.30. The first kappa shape index (κ1) is 15.2. The standard InChI is InChI=1S/C16H16ClNO3/c1-11(21-15-9-7-14(20-2)8-10-15)16(19)18-13-5-3-12(17)4-6-13/h3-11H,1-2H3,(H,18,19). The van der Waals surface area contributed by atoms with Gasteiger partial charge in [-0.2, -0.15) is 0 Å². The maximum absolute atomic E-state index is 12.0. The topological polar surface area (TPSA) is 47.6 Å². The van der Waals surface area contributed by atoms with Crippen LogP contribution in [0.5, 0.6) is 11.5 Å². The number of hydrogen-bond donors (Lipinski definition) is 1. The molecule has 0 heterocycles. The summed E-state index contributed by atoms with van der Waals surface area (Å²) in [4.78, 5) is 12.0. The number of carbonyl (C=O) groups excluding carboxylic acids is 1. The molecule has 0 spiro atoms. The molecule has 0 aromatic heterocycles. The zero-order chi connectivity index (χ0) is 15.2. The van der Waals surface area contributed by atoms with Crippen molar-refractivity contribution in [3.05, 3.63) is 53.6 Å². The van der Waals surface area contributed by atoms with Gasteiger partial charge < -0.3 is 14.8 Å². The highest BCUT2D eigenvalue weighted by molar-refractivity contribution is 6.30. The van der Waals surface area contributed by atoms with Gasteiger partial charge in [-0.25, -0.2) is 0 Å². The summed E-state index contributed by atoms with van der Waals surface area (Å²) in [5.74, 6) is 1.11. The van der Waals surface area contributed by atoms with E-state index in [0.29, 0.717) is 16.5 Å². The number of ether oxygens (including phenoxy) is 2. The third-order valence-corrected chi connectivity index (χ3v) is 3.11. The number of halogens is 1. The molecule has 1 unspecified atom stereocenters. The average Bonchev–Trinajstić information content (AvgIpc) is 2.50. The van der Waals surface area contributed by atoms with Gasteiger partial charge in [0.15, 0.2) is 6.10 Å². The number of nitrogens with one attached hydrogen (secondary N) is 1. The molecule has 5 heteroatoms. The van der Waals surface area contributed by atoms with Crippen LogP contribution < -0.4 is 14.8 Å². The molecule has 0 radical (unpaired) electrons. The van der Waals surface area contributed by atoms with Crippen molar-refractivity contribution in [2.75, 3.05) is 12.4 Å². The number of benzene rings is 2.